The van der Waals surface area contributed by atoms with Gasteiger partial charge in [0.1, 0.15) is 5.75 Å². The summed E-state index contributed by atoms with van der Waals surface area (Å²) in [6.07, 6.45) is 1.06. The third-order valence-electron chi connectivity index (χ3n) is 3.64. The molecule has 4 nitrogen and oxygen atoms in total. The number of ketones is 1. The molecule has 0 bridgehead atoms. The molecule has 1 aromatic rings. The second-order valence-electron chi connectivity index (χ2n) is 5.02. The molecule has 104 valence electrons. The highest BCUT2D eigenvalue weighted by Crippen LogP contribution is 2.23. The number of rotatable bonds is 5. The number of carbonyl (C=O) groups excluding carboxylic acids is 1. The lowest BCUT2D eigenvalue weighted by molar-refractivity contribution is 0.101. The fourth-order valence-corrected chi connectivity index (χ4v) is 2.39. The topological polar surface area (TPSA) is 38.8 Å². The minimum atomic E-state index is 0.0794. The van der Waals surface area contributed by atoms with E-state index < -0.39 is 0 Å². The van der Waals surface area contributed by atoms with Crippen molar-refractivity contribution in [1.29, 1.82) is 0 Å². The maximum atomic E-state index is 11.5. The number of methoxy groups -OCH3 is 1. The summed E-state index contributed by atoms with van der Waals surface area (Å²) in [6, 6.07) is 6.05. The lowest BCUT2D eigenvalue weighted by atomic mass is 10.1. The molecule has 0 spiro atoms. The van der Waals surface area contributed by atoms with E-state index in [4.69, 9.17) is 9.47 Å². The van der Waals surface area contributed by atoms with Crippen LogP contribution in [0.2, 0.25) is 0 Å². The molecule has 1 unspecified atom stereocenters. The van der Waals surface area contributed by atoms with E-state index >= 15 is 0 Å². The number of benzene rings is 1. The van der Waals surface area contributed by atoms with Crippen molar-refractivity contribution in [2.75, 3.05) is 27.4 Å². The Bertz CT molecular complexity index is 453. The van der Waals surface area contributed by atoms with Crippen LogP contribution in [0, 0.1) is 0 Å². The number of hydrogen-bond acceptors (Lipinski definition) is 4. The average molecular weight is 263 g/mol. The predicted octanol–water partition coefficient (Wildman–Crippen LogP) is 2.12. The van der Waals surface area contributed by atoms with Gasteiger partial charge in [0, 0.05) is 30.3 Å². The quantitative estimate of drug-likeness (QED) is 0.763. The van der Waals surface area contributed by atoms with Crippen molar-refractivity contribution in [2.24, 2.45) is 0 Å². The number of carbonyl (C=O) groups is 1. The van der Waals surface area contributed by atoms with E-state index in [0.29, 0.717) is 6.04 Å². The predicted molar refractivity (Wildman–Crippen MR) is 73.7 cm³/mol. The molecule has 1 fully saturated rings. The molecule has 19 heavy (non-hydrogen) atoms. The summed E-state index contributed by atoms with van der Waals surface area (Å²) in [5.41, 5.74) is 1.77. The summed E-state index contributed by atoms with van der Waals surface area (Å²) in [6.45, 7) is 3.96. The second-order valence-corrected chi connectivity index (χ2v) is 5.02. The zero-order valence-corrected chi connectivity index (χ0v) is 11.8. The monoisotopic (exact) mass is 263 g/mol. The largest absolute Gasteiger partial charge is 0.496 e. The third kappa shape index (κ3) is 3.33. The Labute approximate surface area is 114 Å². The van der Waals surface area contributed by atoms with Crippen LogP contribution in [0.1, 0.15) is 29.3 Å². The molecule has 1 atom stereocenters. The van der Waals surface area contributed by atoms with Crippen molar-refractivity contribution >= 4 is 5.78 Å². The first-order valence-corrected chi connectivity index (χ1v) is 6.57. The van der Waals surface area contributed by atoms with Gasteiger partial charge in [-0.1, -0.05) is 0 Å². The summed E-state index contributed by atoms with van der Waals surface area (Å²) in [5.74, 6) is 0.909. The molecule has 1 aliphatic rings. The standard InChI is InChI=1S/C15H21NO3/c1-11(17)12-4-5-15(18-3)13(8-12)9-16(2)14-6-7-19-10-14/h4-5,8,14H,6-7,9-10H2,1-3H3. The second kappa shape index (κ2) is 6.17. The molecule has 1 heterocycles. The molecule has 0 radical (unpaired) electrons. The van der Waals surface area contributed by atoms with Crippen molar-refractivity contribution in [3.05, 3.63) is 29.3 Å². The summed E-state index contributed by atoms with van der Waals surface area (Å²) in [5, 5.41) is 0. The highest BCUT2D eigenvalue weighted by atomic mass is 16.5. The van der Waals surface area contributed by atoms with E-state index in [1.807, 2.05) is 18.2 Å². The van der Waals surface area contributed by atoms with E-state index in [9.17, 15) is 4.79 Å². The smallest absolute Gasteiger partial charge is 0.159 e. The third-order valence-corrected chi connectivity index (χ3v) is 3.64. The summed E-state index contributed by atoms with van der Waals surface area (Å²) < 4.78 is 10.8. The summed E-state index contributed by atoms with van der Waals surface area (Å²) in [7, 11) is 3.74. The first-order chi connectivity index (χ1) is 9.11. The molecule has 1 aliphatic heterocycles. The van der Waals surface area contributed by atoms with Gasteiger partial charge in [-0.3, -0.25) is 9.69 Å². The van der Waals surface area contributed by atoms with Gasteiger partial charge < -0.3 is 9.47 Å². The molecular weight excluding hydrogens is 242 g/mol. The Morgan fingerprint density at radius 1 is 1.53 bits per heavy atom. The van der Waals surface area contributed by atoms with Crippen LogP contribution in [-0.4, -0.2) is 44.1 Å². The molecule has 0 N–H and O–H groups in total. The van der Waals surface area contributed by atoms with Gasteiger partial charge in [-0.05, 0) is 38.6 Å². The highest BCUT2D eigenvalue weighted by molar-refractivity contribution is 5.94. The molecule has 0 saturated carbocycles. The normalized spacial score (nSPS) is 18.8. The van der Waals surface area contributed by atoms with Crippen LogP contribution < -0.4 is 4.74 Å². The van der Waals surface area contributed by atoms with Gasteiger partial charge in [-0.25, -0.2) is 0 Å². The maximum absolute atomic E-state index is 11.5. The van der Waals surface area contributed by atoms with Crippen LogP contribution in [0.4, 0.5) is 0 Å². The zero-order valence-electron chi connectivity index (χ0n) is 11.8. The van der Waals surface area contributed by atoms with E-state index in [-0.39, 0.29) is 5.78 Å². The van der Waals surface area contributed by atoms with Crippen LogP contribution in [0.3, 0.4) is 0 Å². The number of Topliss-reactive ketones (excluding diaryl/α,β-unsaturated/α-hetero) is 1. The number of hydrogen-bond donors (Lipinski definition) is 0. The van der Waals surface area contributed by atoms with Crippen molar-refractivity contribution in [2.45, 2.75) is 25.9 Å². The van der Waals surface area contributed by atoms with Crippen LogP contribution >= 0.6 is 0 Å². The molecule has 4 heteroatoms. The zero-order chi connectivity index (χ0) is 13.8. The van der Waals surface area contributed by atoms with Crippen LogP contribution in [0.15, 0.2) is 18.2 Å². The van der Waals surface area contributed by atoms with Gasteiger partial charge in [0.25, 0.3) is 0 Å². The highest BCUT2D eigenvalue weighted by Gasteiger charge is 2.21. The van der Waals surface area contributed by atoms with Crippen molar-refractivity contribution in [3.63, 3.8) is 0 Å². The van der Waals surface area contributed by atoms with Gasteiger partial charge in [0.15, 0.2) is 5.78 Å². The summed E-state index contributed by atoms with van der Waals surface area (Å²) in [4.78, 5) is 13.7. The van der Waals surface area contributed by atoms with Gasteiger partial charge in [0.05, 0.1) is 13.7 Å². The Morgan fingerprint density at radius 2 is 2.32 bits per heavy atom. The van der Waals surface area contributed by atoms with Crippen molar-refractivity contribution in [3.8, 4) is 5.75 Å². The van der Waals surface area contributed by atoms with Crippen molar-refractivity contribution < 1.29 is 14.3 Å². The first-order valence-electron chi connectivity index (χ1n) is 6.57. The van der Waals surface area contributed by atoms with Gasteiger partial charge in [-0.15, -0.1) is 0 Å². The van der Waals surface area contributed by atoms with E-state index in [2.05, 4.69) is 11.9 Å². The van der Waals surface area contributed by atoms with Crippen LogP contribution in [0.5, 0.6) is 5.75 Å². The number of likely N-dealkylation sites (N-methyl/N-ethyl adjacent to an activating group) is 1. The maximum Gasteiger partial charge on any atom is 0.159 e. The minimum absolute atomic E-state index is 0.0794. The lowest BCUT2D eigenvalue weighted by Crippen LogP contribution is -2.31. The Morgan fingerprint density at radius 3 is 2.89 bits per heavy atom. The number of ether oxygens (including phenoxy) is 2. The van der Waals surface area contributed by atoms with E-state index in [1.54, 1.807) is 14.0 Å². The molecule has 1 aromatic carbocycles. The fraction of sp³-hybridized carbons (Fsp3) is 0.533. The van der Waals surface area contributed by atoms with Crippen LogP contribution in [0.25, 0.3) is 0 Å². The van der Waals surface area contributed by atoms with Crippen molar-refractivity contribution in [1.82, 2.24) is 4.90 Å². The average Bonchev–Trinajstić information content (AvgIpc) is 2.92. The van der Waals surface area contributed by atoms with E-state index in [1.165, 1.54) is 0 Å². The minimum Gasteiger partial charge on any atom is -0.496 e. The van der Waals surface area contributed by atoms with Crippen LogP contribution in [-0.2, 0) is 11.3 Å². The lowest BCUT2D eigenvalue weighted by Gasteiger charge is -2.24. The SMILES string of the molecule is COc1ccc(C(C)=O)cc1CN(C)C1CCOC1. The van der Waals surface area contributed by atoms with E-state index in [0.717, 1.165) is 43.1 Å². The van der Waals surface area contributed by atoms with Gasteiger partial charge >= 0.3 is 0 Å². The summed E-state index contributed by atoms with van der Waals surface area (Å²) >= 11 is 0. The Balaban J connectivity index is 2.16. The van der Waals surface area contributed by atoms with Gasteiger partial charge in [0.2, 0.25) is 0 Å². The molecule has 2 rings (SSSR count). The fourth-order valence-electron chi connectivity index (χ4n) is 2.39. The number of nitrogens with zero attached hydrogens (tertiary/aromatic N) is 1. The molecule has 0 amide bonds. The van der Waals surface area contributed by atoms with Gasteiger partial charge in [-0.2, -0.15) is 0 Å². The molecule has 0 aliphatic carbocycles. The first kappa shape index (κ1) is 14.0. The molecular formula is C15H21NO3. The molecule has 1 saturated heterocycles. The molecule has 0 aromatic heterocycles. The Hall–Kier alpha value is -1.39. The Kier molecular flexibility index (Phi) is 4.56.